The minimum absolute atomic E-state index is 0.0745. The third-order valence-electron chi connectivity index (χ3n) is 4.03. The molecule has 3 rings (SSSR count). The van der Waals surface area contributed by atoms with Gasteiger partial charge in [0.2, 0.25) is 0 Å². The molecule has 9 nitrogen and oxygen atoms in total. The number of hydrogen-bond acceptors (Lipinski definition) is 6. The second kappa shape index (κ2) is 10.2. The number of hydrogen-bond donors (Lipinski definition) is 2. The molecule has 0 saturated carbocycles. The molecule has 0 aliphatic heterocycles. The summed E-state index contributed by atoms with van der Waals surface area (Å²) in [7, 11) is 0. The van der Waals surface area contributed by atoms with E-state index >= 15 is 0 Å². The van der Waals surface area contributed by atoms with Crippen molar-refractivity contribution in [3.8, 4) is 0 Å². The molecule has 154 valence electrons. The Morgan fingerprint density at radius 1 is 0.935 bits per heavy atom. The van der Waals surface area contributed by atoms with Gasteiger partial charge in [0.1, 0.15) is 5.70 Å². The molecule has 0 unspecified atom stereocenters. The molecule has 0 aliphatic rings. The first-order valence-corrected chi connectivity index (χ1v) is 9.09. The summed E-state index contributed by atoms with van der Waals surface area (Å²) >= 11 is 0. The Labute approximate surface area is 177 Å². The number of hydrazone groups is 1. The molecule has 9 heteroatoms. The first kappa shape index (κ1) is 21.1. The van der Waals surface area contributed by atoms with Gasteiger partial charge in [-0.15, -0.1) is 0 Å². The van der Waals surface area contributed by atoms with Crippen molar-refractivity contribution in [1.29, 1.82) is 0 Å². The fraction of sp³-hybridized carbons (Fsp3) is 0. The highest BCUT2D eigenvalue weighted by Gasteiger charge is 2.14. The molecule has 1 aromatic heterocycles. The van der Waals surface area contributed by atoms with Crippen LogP contribution < -0.4 is 10.7 Å². The average molecular weight is 415 g/mol. The Bertz CT molecular complexity index is 1130. The highest BCUT2D eigenvalue weighted by molar-refractivity contribution is 6.05. The predicted molar refractivity (Wildman–Crippen MR) is 115 cm³/mol. The van der Waals surface area contributed by atoms with Gasteiger partial charge in [-0.25, -0.2) is 5.43 Å². The summed E-state index contributed by atoms with van der Waals surface area (Å²) in [6.07, 6.45) is 6.01. The van der Waals surface area contributed by atoms with Gasteiger partial charge in [-0.1, -0.05) is 18.2 Å². The SMILES string of the molecule is O=C(N/N=C\c1ccncc1)/C(=C/c1ccc([N+](=O)[O-])cc1)NC(=O)c1ccccc1. The number of amides is 2. The zero-order chi connectivity index (χ0) is 22.1. The minimum Gasteiger partial charge on any atom is -0.317 e. The molecule has 2 N–H and O–H groups in total. The van der Waals surface area contributed by atoms with Crippen molar-refractivity contribution in [2.45, 2.75) is 0 Å². The normalized spacial score (nSPS) is 11.2. The molecule has 0 saturated heterocycles. The molecule has 2 aromatic carbocycles. The van der Waals surface area contributed by atoms with Gasteiger partial charge < -0.3 is 5.32 Å². The molecular formula is C22H17N5O4. The van der Waals surface area contributed by atoms with E-state index in [1.807, 2.05) is 0 Å². The van der Waals surface area contributed by atoms with Crippen LogP contribution in [0.1, 0.15) is 21.5 Å². The summed E-state index contributed by atoms with van der Waals surface area (Å²) < 4.78 is 0. The van der Waals surface area contributed by atoms with Crippen molar-refractivity contribution < 1.29 is 14.5 Å². The summed E-state index contributed by atoms with van der Waals surface area (Å²) in [5, 5.41) is 17.3. The molecule has 31 heavy (non-hydrogen) atoms. The molecule has 2 amide bonds. The largest absolute Gasteiger partial charge is 0.317 e. The van der Waals surface area contributed by atoms with Crippen LogP contribution in [0.15, 0.2) is 89.9 Å². The molecular weight excluding hydrogens is 398 g/mol. The van der Waals surface area contributed by atoms with Gasteiger partial charge in [0.15, 0.2) is 0 Å². The van der Waals surface area contributed by atoms with Crippen molar-refractivity contribution in [3.63, 3.8) is 0 Å². The number of pyridine rings is 1. The monoisotopic (exact) mass is 415 g/mol. The average Bonchev–Trinajstić information content (AvgIpc) is 2.80. The number of carbonyl (C=O) groups is 2. The van der Waals surface area contributed by atoms with Crippen LogP contribution in [0.5, 0.6) is 0 Å². The molecule has 3 aromatic rings. The van der Waals surface area contributed by atoms with E-state index < -0.39 is 16.7 Å². The standard InChI is InChI=1S/C22H17N5O4/c28-21(18-4-2-1-3-5-18)25-20(14-16-6-8-19(9-7-16)27(30)31)22(29)26-24-15-17-10-12-23-13-11-17/h1-15H,(H,25,28)(H,26,29)/b20-14-,24-15-. The van der Waals surface area contributed by atoms with Gasteiger partial charge >= 0.3 is 0 Å². The number of rotatable bonds is 7. The fourth-order valence-corrected chi connectivity index (χ4v) is 2.48. The first-order valence-electron chi connectivity index (χ1n) is 9.09. The number of aromatic nitrogens is 1. The molecule has 0 radical (unpaired) electrons. The van der Waals surface area contributed by atoms with Crippen LogP contribution >= 0.6 is 0 Å². The third-order valence-corrected chi connectivity index (χ3v) is 4.03. The quantitative estimate of drug-likeness (QED) is 0.265. The maximum atomic E-state index is 12.7. The first-order chi connectivity index (χ1) is 15.0. The molecule has 0 atom stereocenters. The van der Waals surface area contributed by atoms with Gasteiger partial charge in [0.05, 0.1) is 11.1 Å². The van der Waals surface area contributed by atoms with E-state index in [9.17, 15) is 19.7 Å². The molecule has 0 fully saturated rings. The lowest BCUT2D eigenvalue weighted by Gasteiger charge is -2.09. The number of non-ortho nitro benzene ring substituents is 1. The summed E-state index contributed by atoms with van der Waals surface area (Å²) in [6, 6.07) is 17.4. The van der Waals surface area contributed by atoms with Crippen LogP contribution in [0.2, 0.25) is 0 Å². The van der Waals surface area contributed by atoms with E-state index in [0.717, 1.165) is 5.56 Å². The molecule has 0 aliphatic carbocycles. The van der Waals surface area contributed by atoms with Gasteiger partial charge in [0, 0.05) is 30.1 Å². The van der Waals surface area contributed by atoms with E-state index in [4.69, 9.17) is 0 Å². The van der Waals surface area contributed by atoms with Gasteiger partial charge in [0.25, 0.3) is 17.5 Å². The zero-order valence-corrected chi connectivity index (χ0v) is 16.1. The lowest BCUT2D eigenvalue weighted by atomic mass is 10.1. The van der Waals surface area contributed by atoms with Crippen LogP contribution in [0.4, 0.5) is 5.69 Å². The number of nitro groups is 1. The van der Waals surface area contributed by atoms with Crippen molar-refractivity contribution in [1.82, 2.24) is 15.7 Å². The van der Waals surface area contributed by atoms with Crippen LogP contribution in [-0.2, 0) is 4.79 Å². The van der Waals surface area contributed by atoms with E-state index in [2.05, 4.69) is 20.8 Å². The molecule has 1 heterocycles. The lowest BCUT2D eigenvalue weighted by molar-refractivity contribution is -0.384. The Balaban J connectivity index is 1.82. The van der Waals surface area contributed by atoms with E-state index in [1.54, 1.807) is 54.9 Å². The summed E-state index contributed by atoms with van der Waals surface area (Å²) in [6.45, 7) is 0. The van der Waals surface area contributed by atoms with Gasteiger partial charge in [-0.05, 0) is 53.6 Å². The lowest BCUT2D eigenvalue weighted by Crippen LogP contribution is -2.32. The highest BCUT2D eigenvalue weighted by Crippen LogP contribution is 2.14. The maximum absolute atomic E-state index is 12.7. The second-order valence-electron chi connectivity index (χ2n) is 6.21. The summed E-state index contributed by atoms with van der Waals surface area (Å²) in [5.74, 6) is -1.14. The van der Waals surface area contributed by atoms with Crippen molar-refractivity contribution >= 4 is 29.8 Å². The molecule has 0 bridgehead atoms. The van der Waals surface area contributed by atoms with E-state index in [0.29, 0.717) is 11.1 Å². The minimum atomic E-state index is -0.659. The Morgan fingerprint density at radius 2 is 1.61 bits per heavy atom. The van der Waals surface area contributed by atoms with Crippen LogP contribution in [0.25, 0.3) is 6.08 Å². The fourth-order valence-electron chi connectivity index (χ4n) is 2.48. The maximum Gasteiger partial charge on any atom is 0.287 e. The Morgan fingerprint density at radius 3 is 2.26 bits per heavy atom. The number of nitrogens with zero attached hydrogens (tertiary/aromatic N) is 3. The summed E-state index contributed by atoms with van der Waals surface area (Å²) in [4.78, 5) is 39.4. The van der Waals surface area contributed by atoms with Crippen LogP contribution in [0.3, 0.4) is 0 Å². The molecule has 0 spiro atoms. The van der Waals surface area contributed by atoms with Crippen molar-refractivity contribution in [2.75, 3.05) is 0 Å². The smallest absolute Gasteiger partial charge is 0.287 e. The number of nitro benzene ring substituents is 1. The second-order valence-corrected chi connectivity index (χ2v) is 6.21. The van der Waals surface area contributed by atoms with Crippen molar-refractivity contribution in [2.24, 2.45) is 5.10 Å². The Kier molecular flexibility index (Phi) is 6.94. The topological polar surface area (TPSA) is 127 Å². The van der Waals surface area contributed by atoms with Crippen LogP contribution in [-0.4, -0.2) is 27.9 Å². The van der Waals surface area contributed by atoms with E-state index in [-0.39, 0.29) is 11.4 Å². The summed E-state index contributed by atoms with van der Waals surface area (Å²) in [5.41, 5.74) is 3.78. The number of benzene rings is 2. The zero-order valence-electron chi connectivity index (χ0n) is 16.1. The van der Waals surface area contributed by atoms with Crippen molar-refractivity contribution in [3.05, 3.63) is 112 Å². The number of carbonyl (C=O) groups excluding carboxylic acids is 2. The van der Waals surface area contributed by atoms with Gasteiger partial charge in [-0.3, -0.25) is 24.7 Å². The number of nitrogens with one attached hydrogen (secondary N) is 2. The van der Waals surface area contributed by atoms with Crippen LogP contribution in [0, 0.1) is 10.1 Å². The Hall–Kier alpha value is -4.66. The third kappa shape index (κ3) is 6.16. The predicted octanol–water partition coefficient (Wildman–Crippen LogP) is 2.91. The van der Waals surface area contributed by atoms with Gasteiger partial charge in [-0.2, -0.15) is 5.10 Å². The highest BCUT2D eigenvalue weighted by atomic mass is 16.6. The van der Waals surface area contributed by atoms with E-state index in [1.165, 1.54) is 36.6 Å².